The van der Waals surface area contributed by atoms with Crippen molar-refractivity contribution in [3.05, 3.63) is 22.4 Å². The van der Waals surface area contributed by atoms with Crippen LogP contribution in [0.5, 0.6) is 0 Å². The van der Waals surface area contributed by atoms with E-state index in [1.54, 1.807) is 19.1 Å². The number of hydrogen-bond acceptors (Lipinski definition) is 4. The second-order valence-electron chi connectivity index (χ2n) is 3.81. The van der Waals surface area contributed by atoms with Gasteiger partial charge in [-0.3, -0.25) is 9.59 Å². The maximum absolute atomic E-state index is 11.9. The molecule has 2 rings (SSSR count). The predicted octanol–water partition coefficient (Wildman–Crippen LogP) is 1.36. The molecule has 2 heterocycles. The number of nitrogens with one attached hydrogen (secondary N) is 2. The number of halogens is 1. The van der Waals surface area contributed by atoms with Crippen molar-refractivity contribution in [1.82, 2.24) is 10.4 Å². The Labute approximate surface area is 112 Å². The van der Waals surface area contributed by atoms with Gasteiger partial charge in [0.05, 0.1) is 11.4 Å². The molecule has 7 heteroatoms. The summed E-state index contributed by atoms with van der Waals surface area (Å²) < 4.78 is 0.709. The lowest BCUT2D eigenvalue weighted by atomic mass is 10.1. The van der Waals surface area contributed by atoms with Gasteiger partial charge in [-0.25, -0.2) is 10.4 Å². The van der Waals surface area contributed by atoms with E-state index in [-0.39, 0.29) is 18.2 Å². The van der Waals surface area contributed by atoms with Gasteiger partial charge in [0.15, 0.2) is 0 Å². The number of aromatic nitrogens is 1. The SMILES string of the molecule is Cc1nc(Br)ccc1NC(=O)C1=NNC(=O)CC1. The third-order valence-electron chi connectivity index (χ3n) is 2.47. The highest BCUT2D eigenvalue weighted by molar-refractivity contribution is 9.10. The number of carbonyl (C=O) groups excluding carboxylic acids is 2. The molecule has 0 aliphatic carbocycles. The van der Waals surface area contributed by atoms with Gasteiger partial charge in [-0.2, -0.15) is 5.10 Å². The minimum atomic E-state index is -0.317. The lowest BCUT2D eigenvalue weighted by Crippen LogP contribution is -2.32. The number of rotatable bonds is 2. The smallest absolute Gasteiger partial charge is 0.271 e. The van der Waals surface area contributed by atoms with E-state index < -0.39 is 0 Å². The van der Waals surface area contributed by atoms with Gasteiger partial charge in [0.1, 0.15) is 10.3 Å². The molecule has 2 amide bonds. The molecule has 0 fully saturated rings. The summed E-state index contributed by atoms with van der Waals surface area (Å²) >= 11 is 3.25. The molecule has 0 bridgehead atoms. The van der Waals surface area contributed by atoms with Gasteiger partial charge in [-0.05, 0) is 35.0 Å². The molecule has 0 unspecified atom stereocenters. The standard InChI is InChI=1S/C11H11BrN4O2/c1-6-7(2-4-9(12)13-6)14-11(18)8-3-5-10(17)16-15-8/h2,4H,3,5H2,1H3,(H,14,18)(H,16,17). The van der Waals surface area contributed by atoms with Crippen LogP contribution in [0.4, 0.5) is 5.69 Å². The maximum atomic E-state index is 11.9. The summed E-state index contributed by atoms with van der Waals surface area (Å²) in [5.74, 6) is -0.490. The zero-order valence-electron chi connectivity index (χ0n) is 9.66. The van der Waals surface area contributed by atoms with Crippen molar-refractivity contribution in [3.63, 3.8) is 0 Å². The number of carbonyl (C=O) groups is 2. The molecular weight excluding hydrogens is 300 g/mol. The van der Waals surface area contributed by atoms with E-state index in [1.807, 2.05) is 0 Å². The third kappa shape index (κ3) is 2.92. The molecule has 1 aromatic rings. The van der Waals surface area contributed by atoms with Gasteiger partial charge in [-0.1, -0.05) is 0 Å². The van der Waals surface area contributed by atoms with Crippen molar-refractivity contribution >= 4 is 39.1 Å². The molecule has 6 nitrogen and oxygen atoms in total. The number of hydrazone groups is 1. The first-order valence-corrected chi connectivity index (χ1v) is 6.15. The summed E-state index contributed by atoms with van der Waals surface area (Å²) in [6.45, 7) is 1.80. The van der Waals surface area contributed by atoms with E-state index in [0.29, 0.717) is 28.1 Å². The summed E-state index contributed by atoms with van der Waals surface area (Å²) in [6, 6.07) is 3.50. The zero-order chi connectivity index (χ0) is 13.1. The van der Waals surface area contributed by atoms with Crippen molar-refractivity contribution < 1.29 is 9.59 Å². The first-order valence-electron chi connectivity index (χ1n) is 5.36. The van der Waals surface area contributed by atoms with Gasteiger partial charge in [0.25, 0.3) is 5.91 Å². The van der Waals surface area contributed by atoms with Gasteiger partial charge in [-0.15, -0.1) is 0 Å². The summed E-state index contributed by atoms with van der Waals surface area (Å²) in [5.41, 5.74) is 3.94. The topological polar surface area (TPSA) is 83.4 Å². The molecule has 0 spiro atoms. The van der Waals surface area contributed by atoms with Gasteiger partial charge in [0.2, 0.25) is 5.91 Å². The Morgan fingerprint density at radius 3 is 2.83 bits per heavy atom. The Morgan fingerprint density at radius 2 is 2.22 bits per heavy atom. The molecule has 1 aromatic heterocycles. The molecule has 94 valence electrons. The number of aryl methyl sites for hydroxylation is 1. The quantitative estimate of drug-likeness (QED) is 0.809. The Hall–Kier alpha value is -1.76. The van der Waals surface area contributed by atoms with Crippen LogP contribution in [0.1, 0.15) is 18.5 Å². The number of amides is 2. The van der Waals surface area contributed by atoms with E-state index in [1.165, 1.54) is 0 Å². The minimum Gasteiger partial charge on any atom is -0.319 e. The van der Waals surface area contributed by atoms with Crippen LogP contribution in [0.25, 0.3) is 0 Å². The maximum Gasteiger partial charge on any atom is 0.271 e. The summed E-state index contributed by atoms with van der Waals surface area (Å²) in [7, 11) is 0. The summed E-state index contributed by atoms with van der Waals surface area (Å²) in [4.78, 5) is 27.0. The van der Waals surface area contributed by atoms with Crippen LogP contribution in [0, 0.1) is 6.92 Å². The van der Waals surface area contributed by atoms with Crippen molar-refractivity contribution in [2.45, 2.75) is 19.8 Å². The highest BCUT2D eigenvalue weighted by Gasteiger charge is 2.18. The van der Waals surface area contributed by atoms with Gasteiger partial charge >= 0.3 is 0 Å². The number of anilines is 1. The molecule has 0 saturated carbocycles. The van der Waals surface area contributed by atoms with Crippen molar-refractivity contribution in [2.24, 2.45) is 5.10 Å². The van der Waals surface area contributed by atoms with Crippen LogP contribution in [0.15, 0.2) is 21.8 Å². The lowest BCUT2D eigenvalue weighted by molar-refractivity contribution is -0.121. The van der Waals surface area contributed by atoms with Gasteiger partial charge in [0, 0.05) is 12.8 Å². The first kappa shape index (κ1) is 12.7. The van der Waals surface area contributed by atoms with Crippen LogP contribution >= 0.6 is 15.9 Å². The minimum absolute atomic E-state index is 0.173. The van der Waals surface area contributed by atoms with E-state index in [0.717, 1.165) is 0 Å². The highest BCUT2D eigenvalue weighted by atomic mass is 79.9. The van der Waals surface area contributed by atoms with E-state index in [9.17, 15) is 9.59 Å². The Balaban J connectivity index is 2.09. The number of nitrogens with zero attached hydrogens (tertiary/aromatic N) is 2. The molecule has 0 radical (unpaired) electrons. The molecule has 0 aromatic carbocycles. The van der Waals surface area contributed by atoms with Crippen molar-refractivity contribution in [2.75, 3.05) is 5.32 Å². The van der Waals surface area contributed by atoms with Gasteiger partial charge < -0.3 is 5.32 Å². The Kier molecular flexibility index (Phi) is 3.71. The van der Waals surface area contributed by atoms with E-state index in [4.69, 9.17) is 0 Å². The third-order valence-corrected chi connectivity index (χ3v) is 2.91. The second-order valence-corrected chi connectivity index (χ2v) is 4.63. The molecule has 1 aliphatic heterocycles. The average Bonchev–Trinajstić information content (AvgIpc) is 2.33. The summed E-state index contributed by atoms with van der Waals surface area (Å²) in [5, 5.41) is 6.45. The zero-order valence-corrected chi connectivity index (χ0v) is 11.2. The fourth-order valence-corrected chi connectivity index (χ4v) is 1.89. The Bertz CT molecular complexity index is 542. The van der Waals surface area contributed by atoms with Crippen molar-refractivity contribution in [1.29, 1.82) is 0 Å². The molecule has 18 heavy (non-hydrogen) atoms. The van der Waals surface area contributed by atoms with Crippen LogP contribution in [-0.2, 0) is 9.59 Å². The monoisotopic (exact) mass is 310 g/mol. The first-order chi connectivity index (χ1) is 8.56. The summed E-state index contributed by atoms with van der Waals surface area (Å²) in [6.07, 6.45) is 0.629. The number of pyridine rings is 1. The van der Waals surface area contributed by atoms with E-state index in [2.05, 4.69) is 36.8 Å². The molecule has 0 atom stereocenters. The fourth-order valence-electron chi connectivity index (χ4n) is 1.49. The predicted molar refractivity (Wildman–Crippen MR) is 70.1 cm³/mol. The normalized spacial score (nSPS) is 14.8. The molecule has 1 aliphatic rings. The highest BCUT2D eigenvalue weighted by Crippen LogP contribution is 2.16. The van der Waals surface area contributed by atoms with Crippen molar-refractivity contribution in [3.8, 4) is 0 Å². The van der Waals surface area contributed by atoms with Crippen LogP contribution in [0.3, 0.4) is 0 Å². The van der Waals surface area contributed by atoms with E-state index >= 15 is 0 Å². The average molecular weight is 311 g/mol. The van der Waals surface area contributed by atoms with Crippen LogP contribution < -0.4 is 10.7 Å². The fraction of sp³-hybridized carbons (Fsp3) is 0.273. The second kappa shape index (κ2) is 5.26. The van der Waals surface area contributed by atoms with Crippen LogP contribution in [-0.4, -0.2) is 22.5 Å². The molecule has 2 N–H and O–H groups in total. The largest absolute Gasteiger partial charge is 0.319 e. The molecular formula is C11H11BrN4O2. The lowest BCUT2D eigenvalue weighted by Gasteiger charge is -2.12. The Morgan fingerprint density at radius 1 is 1.44 bits per heavy atom. The molecule has 0 saturated heterocycles. The van der Waals surface area contributed by atoms with Crippen LogP contribution in [0.2, 0.25) is 0 Å². The number of hydrogen-bond donors (Lipinski definition) is 2.